The molecule has 1 saturated heterocycles. The Hall–Kier alpha value is -0.610. The molecule has 0 radical (unpaired) electrons. The average molecular weight is 201 g/mol. The summed E-state index contributed by atoms with van der Waals surface area (Å²) in [4.78, 5) is 12.7. The molecule has 1 rings (SSSR count). The van der Waals surface area contributed by atoms with Crippen molar-refractivity contribution in [3.05, 3.63) is 0 Å². The highest BCUT2D eigenvalue weighted by molar-refractivity contribution is 5.74. The van der Waals surface area contributed by atoms with E-state index < -0.39 is 18.1 Å². The molecule has 4 heteroatoms. The van der Waals surface area contributed by atoms with Crippen LogP contribution in [-0.4, -0.2) is 46.3 Å². The quantitative estimate of drug-likeness (QED) is 0.643. The van der Waals surface area contributed by atoms with Crippen LogP contribution in [0.3, 0.4) is 0 Å². The first-order valence-corrected chi connectivity index (χ1v) is 5.30. The van der Waals surface area contributed by atoms with E-state index in [4.69, 9.17) is 5.11 Å². The number of carboxylic acid groups (broad SMARTS) is 1. The number of hydrogen-bond donors (Lipinski definition) is 2. The zero-order chi connectivity index (χ0) is 10.6. The maximum atomic E-state index is 10.8. The summed E-state index contributed by atoms with van der Waals surface area (Å²) in [7, 11) is 0. The number of carboxylic acids is 1. The third kappa shape index (κ3) is 2.96. The van der Waals surface area contributed by atoms with Gasteiger partial charge in [-0.1, -0.05) is 19.8 Å². The van der Waals surface area contributed by atoms with Gasteiger partial charge in [-0.05, 0) is 13.0 Å². The summed E-state index contributed by atoms with van der Waals surface area (Å²) in [6.07, 6.45) is 3.19. The van der Waals surface area contributed by atoms with E-state index in [-0.39, 0.29) is 0 Å². The van der Waals surface area contributed by atoms with E-state index in [1.165, 1.54) is 0 Å². The van der Waals surface area contributed by atoms with Crippen LogP contribution in [0.25, 0.3) is 0 Å². The van der Waals surface area contributed by atoms with Gasteiger partial charge in [-0.2, -0.15) is 0 Å². The molecule has 0 aliphatic carbocycles. The average Bonchev–Trinajstić information content (AvgIpc) is 2.47. The number of aliphatic hydroxyl groups is 1. The monoisotopic (exact) mass is 201 g/mol. The highest BCUT2D eigenvalue weighted by Gasteiger charge is 2.35. The van der Waals surface area contributed by atoms with E-state index in [1.54, 1.807) is 0 Å². The summed E-state index contributed by atoms with van der Waals surface area (Å²) in [5.41, 5.74) is 0. The lowest BCUT2D eigenvalue weighted by molar-refractivity contribution is -0.142. The number of unbranched alkanes of at least 4 members (excludes halogenated alkanes) is 2. The number of rotatable bonds is 5. The molecule has 1 aliphatic rings. The Morgan fingerprint density at radius 2 is 2.21 bits per heavy atom. The zero-order valence-corrected chi connectivity index (χ0v) is 8.65. The van der Waals surface area contributed by atoms with Gasteiger partial charge < -0.3 is 10.2 Å². The molecule has 0 amide bonds. The second-order valence-corrected chi connectivity index (χ2v) is 3.95. The van der Waals surface area contributed by atoms with Crippen LogP contribution in [0.4, 0.5) is 0 Å². The predicted molar refractivity (Wildman–Crippen MR) is 53.1 cm³/mol. The van der Waals surface area contributed by atoms with Crippen molar-refractivity contribution < 1.29 is 15.0 Å². The molecule has 2 atom stereocenters. The summed E-state index contributed by atoms with van der Waals surface area (Å²) >= 11 is 0. The molecular weight excluding hydrogens is 182 g/mol. The molecule has 14 heavy (non-hydrogen) atoms. The molecule has 2 unspecified atom stereocenters. The van der Waals surface area contributed by atoms with E-state index in [1.807, 2.05) is 4.90 Å². The standard InChI is InChI=1S/C10H19NO3/c1-2-3-4-5-11-7-8(12)6-9(11)10(13)14/h8-9,12H,2-7H2,1H3,(H,13,14). The fraction of sp³-hybridized carbons (Fsp3) is 0.900. The molecule has 0 aromatic rings. The largest absolute Gasteiger partial charge is 0.480 e. The summed E-state index contributed by atoms with van der Waals surface area (Å²) in [5.74, 6) is -0.807. The molecular formula is C10H19NO3. The first-order valence-electron chi connectivity index (χ1n) is 5.30. The molecule has 0 bridgehead atoms. The van der Waals surface area contributed by atoms with Crippen molar-refractivity contribution in [3.63, 3.8) is 0 Å². The third-order valence-electron chi connectivity index (χ3n) is 2.72. The van der Waals surface area contributed by atoms with Gasteiger partial charge in [0.2, 0.25) is 0 Å². The second-order valence-electron chi connectivity index (χ2n) is 3.95. The van der Waals surface area contributed by atoms with Crippen LogP contribution in [0, 0.1) is 0 Å². The van der Waals surface area contributed by atoms with E-state index in [2.05, 4.69) is 6.92 Å². The van der Waals surface area contributed by atoms with Crippen LogP contribution in [-0.2, 0) is 4.79 Å². The normalized spacial score (nSPS) is 28.1. The predicted octanol–water partition coefficient (Wildman–Crippen LogP) is 0.696. The number of hydrogen-bond acceptors (Lipinski definition) is 3. The van der Waals surface area contributed by atoms with Crippen LogP contribution >= 0.6 is 0 Å². The molecule has 82 valence electrons. The molecule has 2 N–H and O–H groups in total. The topological polar surface area (TPSA) is 60.8 Å². The smallest absolute Gasteiger partial charge is 0.321 e. The first kappa shape index (κ1) is 11.5. The van der Waals surface area contributed by atoms with Crippen molar-refractivity contribution >= 4 is 5.97 Å². The Morgan fingerprint density at radius 3 is 2.79 bits per heavy atom. The van der Waals surface area contributed by atoms with Crippen molar-refractivity contribution in [2.24, 2.45) is 0 Å². The Labute approximate surface area is 84.5 Å². The molecule has 0 aromatic carbocycles. The van der Waals surface area contributed by atoms with Gasteiger partial charge in [0.1, 0.15) is 6.04 Å². The van der Waals surface area contributed by atoms with Crippen molar-refractivity contribution in [3.8, 4) is 0 Å². The minimum atomic E-state index is -0.807. The van der Waals surface area contributed by atoms with E-state index in [0.717, 1.165) is 25.8 Å². The van der Waals surface area contributed by atoms with E-state index >= 15 is 0 Å². The van der Waals surface area contributed by atoms with Crippen LogP contribution in [0.15, 0.2) is 0 Å². The first-order chi connectivity index (χ1) is 6.65. The molecule has 0 saturated carbocycles. The Bertz CT molecular complexity index is 196. The second kappa shape index (κ2) is 5.32. The summed E-state index contributed by atoms with van der Waals surface area (Å²) in [6, 6.07) is -0.471. The van der Waals surface area contributed by atoms with Crippen LogP contribution in [0.5, 0.6) is 0 Å². The van der Waals surface area contributed by atoms with Crippen molar-refractivity contribution in [1.82, 2.24) is 4.90 Å². The number of aliphatic carboxylic acids is 1. The van der Waals surface area contributed by atoms with Gasteiger partial charge in [0.25, 0.3) is 0 Å². The number of aliphatic hydroxyl groups excluding tert-OH is 1. The summed E-state index contributed by atoms with van der Waals surface area (Å²) in [5, 5.41) is 18.3. The van der Waals surface area contributed by atoms with E-state index in [0.29, 0.717) is 13.0 Å². The number of β-amino-alcohol motifs (C(OH)–C–C–N with tert-alkyl or cyclic N) is 1. The molecule has 4 nitrogen and oxygen atoms in total. The van der Waals surface area contributed by atoms with Crippen molar-refractivity contribution in [2.45, 2.75) is 44.8 Å². The lowest BCUT2D eigenvalue weighted by Gasteiger charge is -2.20. The zero-order valence-electron chi connectivity index (χ0n) is 8.65. The summed E-state index contributed by atoms with van der Waals surface area (Å²) in [6.45, 7) is 3.43. The molecule has 1 fully saturated rings. The van der Waals surface area contributed by atoms with Crippen LogP contribution in [0.1, 0.15) is 32.6 Å². The highest BCUT2D eigenvalue weighted by atomic mass is 16.4. The molecule has 0 spiro atoms. The third-order valence-corrected chi connectivity index (χ3v) is 2.72. The van der Waals surface area contributed by atoms with Gasteiger partial charge in [0.15, 0.2) is 0 Å². The van der Waals surface area contributed by atoms with Gasteiger partial charge in [-0.3, -0.25) is 9.69 Å². The maximum Gasteiger partial charge on any atom is 0.321 e. The Kier molecular flexibility index (Phi) is 4.35. The maximum absolute atomic E-state index is 10.8. The Balaban J connectivity index is 2.37. The minimum Gasteiger partial charge on any atom is -0.480 e. The fourth-order valence-corrected chi connectivity index (χ4v) is 1.95. The van der Waals surface area contributed by atoms with Crippen molar-refractivity contribution in [1.29, 1.82) is 0 Å². The number of nitrogens with zero attached hydrogens (tertiary/aromatic N) is 1. The fourth-order valence-electron chi connectivity index (χ4n) is 1.95. The number of likely N-dealkylation sites (tertiary alicyclic amines) is 1. The summed E-state index contributed by atoms with van der Waals surface area (Å²) < 4.78 is 0. The lowest BCUT2D eigenvalue weighted by atomic mass is 10.2. The number of carbonyl (C=O) groups is 1. The van der Waals surface area contributed by atoms with E-state index in [9.17, 15) is 9.90 Å². The Morgan fingerprint density at radius 1 is 1.50 bits per heavy atom. The van der Waals surface area contributed by atoms with Gasteiger partial charge >= 0.3 is 5.97 Å². The van der Waals surface area contributed by atoms with Gasteiger partial charge in [0.05, 0.1) is 6.10 Å². The van der Waals surface area contributed by atoms with Gasteiger partial charge in [-0.25, -0.2) is 0 Å². The SMILES string of the molecule is CCCCCN1CC(O)CC1C(=O)O. The highest BCUT2D eigenvalue weighted by Crippen LogP contribution is 2.18. The van der Waals surface area contributed by atoms with Crippen LogP contribution < -0.4 is 0 Å². The molecule has 1 aliphatic heterocycles. The minimum absolute atomic E-state index is 0.376. The van der Waals surface area contributed by atoms with Crippen molar-refractivity contribution in [2.75, 3.05) is 13.1 Å². The van der Waals surface area contributed by atoms with Gasteiger partial charge in [0, 0.05) is 13.0 Å². The van der Waals surface area contributed by atoms with Gasteiger partial charge in [-0.15, -0.1) is 0 Å². The lowest BCUT2D eigenvalue weighted by Crippen LogP contribution is -2.36. The van der Waals surface area contributed by atoms with Crippen LogP contribution in [0.2, 0.25) is 0 Å². The molecule has 1 heterocycles. The molecule has 0 aromatic heterocycles.